The molecule has 8 heteroatoms. The van der Waals surface area contributed by atoms with Crippen molar-refractivity contribution in [3.05, 3.63) is 22.2 Å². The van der Waals surface area contributed by atoms with Crippen LogP contribution in [0.1, 0.15) is 26.7 Å². The number of rotatable bonds is 6. The maximum atomic E-state index is 11.3. The summed E-state index contributed by atoms with van der Waals surface area (Å²) in [7, 11) is 1.28. The summed E-state index contributed by atoms with van der Waals surface area (Å²) < 4.78 is 28.0. The van der Waals surface area contributed by atoms with Gasteiger partial charge in [-0.15, -0.1) is 0 Å². The van der Waals surface area contributed by atoms with Gasteiger partial charge in [-0.2, -0.15) is 5.26 Å². The first-order valence-corrected chi connectivity index (χ1v) is 9.11. The van der Waals surface area contributed by atoms with Crippen LogP contribution in [0.2, 0.25) is 10.0 Å². The highest BCUT2D eigenvalue weighted by molar-refractivity contribution is 8.13. The van der Waals surface area contributed by atoms with Gasteiger partial charge in [-0.3, -0.25) is 0 Å². The molecule has 21 heavy (non-hydrogen) atoms. The molecule has 0 fully saturated rings. The number of nitrogens with zero attached hydrogens (tertiary/aromatic N) is 1. The van der Waals surface area contributed by atoms with E-state index in [1.807, 2.05) is 13.8 Å². The number of hydrogen-bond donors (Lipinski definition) is 0. The summed E-state index contributed by atoms with van der Waals surface area (Å²) in [5, 5.41) is 8.95. The summed E-state index contributed by atoms with van der Waals surface area (Å²) in [6.45, 7) is 4.03. The van der Waals surface area contributed by atoms with E-state index in [2.05, 4.69) is 6.07 Å². The predicted octanol–water partition coefficient (Wildman–Crippen LogP) is 4.63. The molecule has 4 nitrogen and oxygen atoms in total. The van der Waals surface area contributed by atoms with Crippen LogP contribution in [0.3, 0.4) is 0 Å². The lowest BCUT2D eigenvalue weighted by atomic mass is 9.90. The standard InChI is InChI=1S/C13H14Cl3NO3S/c1-13(2,8-17)4-3-5-20-11-6-10(15)12(7-9(11)14)21(16,18)19/h6-7H,3-5H2,1-2H3. The Bertz CT molecular complexity index is 666. The van der Waals surface area contributed by atoms with Gasteiger partial charge in [0.05, 0.1) is 28.1 Å². The van der Waals surface area contributed by atoms with E-state index in [4.69, 9.17) is 43.9 Å². The lowest BCUT2D eigenvalue weighted by Gasteiger charge is -2.15. The zero-order valence-corrected chi connectivity index (χ0v) is 14.6. The Hall–Kier alpha value is -0.670. The molecule has 0 heterocycles. The molecule has 0 bridgehead atoms. The van der Waals surface area contributed by atoms with Crippen LogP contribution in [0.5, 0.6) is 5.75 Å². The van der Waals surface area contributed by atoms with Gasteiger partial charge in [0, 0.05) is 16.7 Å². The molecule has 0 aliphatic rings. The monoisotopic (exact) mass is 369 g/mol. The molecule has 0 spiro atoms. The molecule has 0 aliphatic carbocycles. The van der Waals surface area contributed by atoms with Gasteiger partial charge in [-0.1, -0.05) is 23.2 Å². The normalized spacial score (nSPS) is 12.0. The fourth-order valence-corrected chi connectivity index (χ4v) is 3.35. The maximum Gasteiger partial charge on any atom is 0.262 e. The number of halogens is 3. The summed E-state index contributed by atoms with van der Waals surface area (Å²) in [6, 6.07) is 4.67. The molecular weight excluding hydrogens is 357 g/mol. The van der Waals surface area contributed by atoms with Gasteiger partial charge in [0.15, 0.2) is 0 Å². The lowest BCUT2D eigenvalue weighted by Crippen LogP contribution is -2.10. The van der Waals surface area contributed by atoms with Crippen molar-refractivity contribution in [3.63, 3.8) is 0 Å². The zero-order valence-electron chi connectivity index (χ0n) is 11.5. The van der Waals surface area contributed by atoms with Crippen LogP contribution in [0.15, 0.2) is 17.0 Å². The molecule has 0 aliphatic heterocycles. The quantitative estimate of drug-likeness (QED) is 0.541. The number of ether oxygens (including phenoxy) is 1. The van der Waals surface area contributed by atoms with Gasteiger partial charge in [0.1, 0.15) is 10.6 Å². The molecule has 0 radical (unpaired) electrons. The summed E-state index contributed by atoms with van der Waals surface area (Å²) in [6.07, 6.45) is 1.33. The molecule has 1 aromatic carbocycles. The van der Waals surface area contributed by atoms with Crippen molar-refractivity contribution >= 4 is 42.9 Å². The Balaban J connectivity index is 2.75. The Morgan fingerprint density at radius 1 is 1.29 bits per heavy atom. The molecule has 116 valence electrons. The van der Waals surface area contributed by atoms with Crippen LogP contribution in [-0.2, 0) is 9.05 Å². The van der Waals surface area contributed by atoms with Crippen molar-refractivity contribution in [1.82, 2.24) is 0 Å². The molecule has 0 atom stereocenters. The third-order valence-electron chi connectivity index (χ3n) is 2.76. The van der Waals surface area contributed by atoms with Gasteiger partial charge < -0.3 is 4.74 Å². The molecule has 1 rings (SSSR count). The second-order valence-electron chi connectivity index (χ2n) is 5.10. The average molecular weight is 371 g/mol. The molecule has 0 saturated heterocycles. The minimum absolute atomic E-state index is 0.0539. The van der Waals surface area contributed by atoms with Crippen LogP contribution in [0.4, 0.5) is 0 Å². The van der Waals surface area contributed by atoms with Crippen molar-refractivity contribution in [2.75, 3.05) is 6.61 Å². The van der Waals surface area contributed by atoms with Gasteiger partial charge in [0.2, 0.25) is 0 Å². The lowest BCUT2D eigenvalue weighted by molar-refractivity contribution is 0.284. The summed E-state index contributed by atoms with van der Waals surface area (Å²) >= 11 is 11.8. The minimum Gasteiger partial charge on any atom is -0.492 e. The van der Waals surface area contributed by atoms with Gasteiger partial charge in [-0.25, -0.2) is 8.42 Å². The summed E-state index contributed by atoms with van der Waals surface area (Å²) in [4.78, 5) is -0.256. The Morgan fingerprint density at radius 3 is 2.43 bits per heavy atom. The van der Waals surface area contributed by atoms with E-state index >= 15 is 0 Å². The number of benzene rings is 1. The Kier molecular flexibility index (Phi) is 6.18. The predicted molar refractivity (Wildman–Crippen MR) is 83.6 cm³/mol. The maximum absolute atomic E-state index is 11.3. The van der Waals surface area contributed by atoms with Gasteiger partial charge in [-0.05, 0) is 32.8 Å². The molecule has 1 aromatic rings. The Labute approximate surface area is 139 Å². The number of nitriles is 1. The molecular formula is C13H14Cl3NO3S. The van der Waals surface area contributed by atoms with E-state index in [9.17, 15) is 8.42 Å². The first-order chi connectivity index (χ1) is 9.57. The van der Waals surface area contributed by atoms with E-state index in [1.54, 1.807) is 0 Å². The molecule has 0 unspecified atom stereocenters. The third-order valence-corrected chi connectivity index (χ3v) is 4.84. The van der Waals surface area contributed by atoms with Crippen molar-refractivity contribution in [2.24, 2.45) is 5.41 Å². The van der Waals surface area contributed by atoms with Crippen LogP contribution in [0, 0.1) is 16.7 Å². The van der Waals surface area contributed by atoms with E-state index in [-0.39, 0.29) is 20.7 Å². The smallest absolute Gasteiger partial charge is 0.262 e. The molecule has 0 aromatic heterocycles. The van der Waals surface area contributed by atoms with Crippen molar-refractivity contribution in [2.45, 2.75) is 31.6 Å². The second-order valence-corrected chi connectivity index (χ2v) is 8.45. The fourth-order valence-electron chi connectivity index (χ4n) is 1.56. The fraction of sp³-hybridized carbons (Fsp3) is 0.462. The first-order valence-electron chi connectivity index (χ1n) is 6.04. The van der Waals surface area contributed by atoms with Gasteiger partial charge in [0.25, 0.3) is 9.05 Å². The van der Waals surface area contributed by atoms with E-state index in [0.29, 0.717) is 19.4 Å². The van der Waals surface area contributed by atoms with Crippen molar-refractivity contribution in [1.29, 1.82) is 5.26 Å². The SMILES string of the molecule is CC(C)(C#N)CCCOc1cc(Cl)c(S(=O)(=O)Cl)cc1Cl. The first kappa shape index (κ1) is 18.4. The van der Waals surface area contributed by atoms with Crippen LogP contribution in [-0.4, -0.2) is 15.0 Å². The van der Waals surface area contributed by atoms with E-state index < -0.39 is 14.5 Å². The van der Waals surface area contributed by atoms with E-state index in [0.717, 1.165) is 6.07 Å². The average Bonchev–Trinajstić information content (AvgIpc) is 2.36. The van der Waals surface area contributed by atoms with Gasteiger partial charge >= 0.3 is 0 Å². The van der Waals surface area contributed by atoms with Crippen LogP contribution < -0.4 is 4.74 Å². The van der Waals surface area contributed by atoms with Crippen molar-refractivity contribution in [3.8, 4) is 11.8 Å². The molecule has 0 amide bonds. The minimum atomic E-state index is -3.96. The van der Waals surface area contributed by atoms with Crippen LogP contribution in [0.25, 0.3) is 0 Å². The topological polar surface area (TPSA) is 67.2 Å². The highest BCUT2D eigenvalue weighted by atomic mass is 35.7. The van der Waals surface area contributed by atoms with Crippen LogP contribution >= 0.6 is 33.9 Å². The molecule has 0 saturated carbocycles. The highest BCUT2D eigenvalue weighted by Crippen LogP contribution is 2.35. The number of hydrogen-bond acceptors (Lipinski definition) is 4. The summed E-state index contributed by atoms with van der Waals surface area (Å²) in [5.74, 6) is 0.278. The third kappa shape index (κ3) is 5.55. The zero-order chi connectivity index (χ0) is 16.3. The summed E-state index contributed by atoms with van der Waals surface area (Å²) in [5.41, 5.74) is -0.415. The Morgan fingerprint density at radius 2 is 1.90 bits per heavy atom. The van der Waals surface area contributed by atoms with Crippen molar-refractivity contribution < 1.29 is 13.2 Å². The molecule has 0 N–H and O–H groups in total. The highest BCUT2D eigenvalue weighted by Gasteiger charge is 2.19. The van der Waals surface area contributed by atoms with E-state index in [1.165, 1.54) is 6.07 Å². The second kappa shape index (κ2) is 7.06. The largest absolute Gasteiger partial charge is 0.492 e.